The first-order valence-electron chi connectivity index (χ1n) is 16.9. The van der Waals surface area contributed by atoms with Crippen molar-refractivity contribution >= 4 is 21.9 Å². The molecular formula is C46H29N3O. The maximum Gasteiger partial charge on any atom is 0.164 e. The quantitative estimate of drug-likeness (QED) is 0.188. The van der Waals surface area contributed by atoms with Gasteiger partial charge in [0.15, 0.2) is 17.5 Å². The van der Waals surface area contributed by atoms with Gasteiger partial charge in [0, 0.05) is 27.5 Å². The summed E-state index contributed by atoms with van der Waals surface area (Å²) in [4.78, 5) is 14.8. The van der Waals surface area contributed by atoms with Crippen LogP contribution in [0.3, 0.4) is 0 Å². The van der Waals surface area contributed by atoms with E-state index in [-0.39, 0.29) is 0 Å². The Hall–Kier alpha value is -6.65. The second-order valence-electron chi connectivity index (χ2n) is 12.8. The van der Waals surface area contributed by atoms with Crippen molar-refractivity contribution in [1.82, 2.24) is 15.0 Å². The molecule has 0 unspecified atom stereocenters. The fraction of sp³-hybridized carbons (Fsp3) is 0.0217. The number of hydrogen-bond acceptors (Lipinski definition) is 4. The average Bonchev–Trinajstić information content (AvgIpc) is 3.72. The second-order valence-corrected chi connectivity index (χ2v) is 12.8. The van der Waals surface area contributed by atoms with E-state index in [9.17, 15) is 0 Å². The Labute approximate surface area is 289 Å². The maximum absolute atomic E-state index is 6.57. The van der Waals surface area contributed by atoms with Gasteiger partial charge in [-0.3, -0.25) is 0 Å². The van der Waals surface area contributed by atoms with Crippen molar-refractivity contribution in [2.75, 3.05) is 0 Å². The van der Waals surface area contributed by atoms with Crippen LogP contribution < -0.4 is 0 Å². The smallest absolute Gasteiger partial charge is 0.164 e. The van der Waals surface area contributed by atoms with Crippen molar-refractivity contribution in [3.05, 3.63) is 198 Å². The van der Waals surface area contributed by atoms with Gasteiger partial charge in [-0.2, -0.15) is 0 Å². The Kier molecular flexibility index (Phi) is 6.36. The van der Waals surface area contributed by atoms with Crippen molar-refractivity contribution in [2.24, 2.45) is 0 Å². The molecule has 234 valence electrons. The molecule has 0 bridgehead atoms. The van der Waals surface area contributed by atoms with Gasteiger partial charge in [-0.05, 0) is 57.6 Å². The van der Waals surface area contributed by atoms with E-state index in [4.69, 9.17) is 19.4 Å². The molecule has 7 aromatic carbocycles. The summed E-state index contributed by atoms with van der Waals surface area (Å²) in [5, 5.41) is 2.13. The van der Waals surface area contributed by atoms with Crippen LogP contribution in [-0.4, -0.2) is 15.0 Å². The predicted molar refractivity (Wildman–Crippen MR) is 201 cm³/mol. The van der Waals surface area contributed by atoms with E-state index < -0.39 is 5.41 Å². The summed E-state index contributed by atoms with van der Waals surface area (Å²) in [5.74, 6) is 1.86. The van der Waals surface area contributed by atoms with E-state index in [1.165, 1.54) is 33.4 Å². The van der Waals surface area contributed by atoms with Gasteiger partial charge in [0.1, 0.15) is 11.2 Å². The highest BCUT2D eigenvalue weighted by molar-refractivity contribution is 6.06. The molecule has 0 N–H and O–H groups in total. The topological polar surface area (TPSA) is 51.8 Å². The van der Waals surface area contributed by atoms with Crippen LogP contribution >= 0.6 is 0 Å². The van der Waals surface area contributed by atoms with Crippen molar-refractivity contribution in [2.45, 2.75) is 5.41 Å². The summed E-state index contributed by atoms with van der Waals surface area (Å²) in [6, 6.07) is 61.6. The maximum atomic E-state index is 6.57. The monoisotopic (exact) mass is 639 g/mol. The fourth-order valence-electron chi connectivity index (χ4n) is 7.80. The van der Waals surface area contributed by atoms with Gasteiger partial charge in [0.2, 0.25) is 0 Å². The number of nitrogens with zero attached hydrogens (tertiary/aromatic N) is 3. The van der Waals surface area contributed by atoms with Crippen LogP contribution in [0.2, 0.25) is 0 Å². The molecule has 2 aromatic heterocycles. The first-order valence-corrected chi connectivity index (χ1v) is 16.9. The minimum atomic E-state index is -0.473. The lowest BCUT2D eigenvalue weighted by molar-refractivity contribution is 0.668. The van der Waals surface area contributed by atoms with Crippen molar-refractivity contribution in [3.8, 4) is 45.3 Å². The molecule has 1 aliphatic rings. The van der Waals surface area contributed by atoms with Crippen LogP contribution in [0, 0.1) is 0 Å². The summed E-state index contributed by atoms with van der Waals surface area (Å²) in [5.41, 5.74) is 11.5. The molecule has 0 amide bonds. The van der Waals surface area contributed by atoms with Crippen LogP contribution in [0.4, 0.5) is 0 Å². The van der Waals surface area contributed by atoms with Crippen LogP contribution in [0.1, 0.15) is 22.3 Å². The highest BCUT2D eigenvalue weighted by atomic mass is 16.3. The Morgan fingerprint density at radius 1 is 0.360 bits per heavy atom. The Balaban J connectivity index is 1.16. The molecular weight excluding hydrogens is 611 g/mol. The van der Waals surface area contributed by atoms with Gasteiger partial charge in [-0.1, -0.05) is 152 Å². The predicted octanol–water partition coefficient (Wildman–Crippen LogP) is 11.1. The number of rotatable bonds is 5. The fourth-order valence-corrected chi connectivity index (χ4v) is 7.80. The average molecular weight is 640 g/mol. The van der Waals surface area contributed by atoms with Crippen LogP contribution in [-0.2, 0) is 5.41 Å². The lowest BCUT2D eigenvalue weighted by Crippen LogP contribution is -2.28. The molecule has 0 saturated carbocycles. The zero-order chi connectivity index (χ0) is 33.1. The van der Waals surface area contributed by atoms with Crippen LogP contribution in [0.25, 0.3) is 67.2 Å². The lowest BCUT2D eigenvalue weighted by atomic mass is 9.67. The van der Waals surface area contributed by atoms with Gasteiger partial charge in [-0.25, -0.2) is 15.0 Å². The number of furan rings is 1. The Bertz CT molecular complexity index is 2600. The highest BCUT2D eigenvalue weighted by Crippen LogP contribution is 2.56. The van der Waals surface area contributed by atoms with E-state index in [1.54, 1.807) is 0 Å². The standard InChI is InChI=1S/C46H29N3O/c1-4-14-30(15-5-1)43-47-44(31-16-6-2-7-17-31)49-45(48-43)32-24-26-37-38-29-34(25-27-41(38)50-42(37)28-32)46(33-18-8-3-9-19-33)39-22-12-10-20-35(39)36-21-11-13-23-40(36)46/h1-29H. The van der Waals surface area contributed by atoms with Gasteiger partial charge in [-0.15, -0.1) is 0 Å². The van der Waals surface area contributed by atoms with E-state index in [0.717, 1.165) is 38.6 Å². The summed E-state index contributed by atoms with van der Waals surface area (Å²) >= 11 is 0. The van der Waals surface area contributed by atoms with E-state index in [2.05, 4.69) is 115 Å². The minimum absolute atomic E-state index is 0.473. The van der Waals surface area contributed by atoms with E-state index in [1.807, 2.05) is 60.7 Å². The summed E-state index contributed by atoms with van der Waals surface area (Å²) < 4.78 is 6.57. The highest BCUT2D eigenvalue weighted by Gasteiger charge is 2.46. The van der Waals surface area contributed by atoms with Crippen molar-refractivity contribution in [1.29, 1.82) is 0 Å². The molecule has 0 atom stereocenters. The van der Waals surface area contributed by atoms with Crippen molar-refractivity contribution in [3.63, 3.8) is 0 Å². The molecule has 0 spiro atoms. The molecule has 0 saturated heterocycles. The van der Waals surface area contributed by atoms with Gasteiger partial charge in [0.25, 0.3) is 0 Å². The number of benzene rings is 7. The normalized spacial score (nSPS) is 13.0. The van der Waals surface area contributed by atoms with Gasteiger partial charge < -0.3 is 4.42 Å². The van der Waals surface area contributed by atoms with Crippen LogP contribution in [0.5, 0.6) is 0 Å². The third-order valence-corrected chi connectivity index (χ3v) is 10.0. The van der Waals surface area contributed by atoms with Gasteiger partial charge >= 0.3 is 0 Å². The Morgan fingerprint density at radius 3 is 1.48 bits per heavy atom. The zero-order valence-electron chi connectivity index (χ0n) is 27.0. The Morgan fingerprint density at radius 2 is 0.880 bits per heavy atom. The summed E-state index contributed by atoms with van der Waals surface area (Å²) in [7, 11) is 0. The van der Waals surface area contributed by atoms with E-state index in [0.29, 0.717) is 17.5 Å². The molecule has 10 rings (SSSR count). The molecule has 0 radical (unpaired) electrons. The molecule has 1 aliphatic carbocycles. The van der Waals surface area contributed by atoms with E-state index >= 15 is 0 Å². The third-order valence-electron chi connectivity index (χ3n) is 10.0. The largest absolute Gasteiger partial charge is 0.456 e. The SMILES string of the molecule is c1ccc(-c2nc(-c3ccccc3)nc(-c3ccc4c(c3)oc3ccc(C5(c6ccccc6)c6ccccc6-c6ccccc65)cc34)n2)cc1. The second kappa shape index (κ2) is 11.2. The molecule has 0 fully saturated rings. The summed E-state index contributed by atoms with van der Waals surface area (Å²) in [6.45, 7) is 0. The minimum Gasteiger partial charge on any atom is -0.456 e. The first-order chi connectivity index (χ1) is 24.8. The van der Waals surface area contributed by atoms with Crippen molar-refractivity contribution < 1.29 is 4.42 Å². The molecule has 9 aromatic rings. The number of fused-ring (bicyclic) bond motifs is 6. The molecule has 4 nitrogen and oxygen atoms in total. The molecule has 2 heterocycles. The molecule has 50 heavy (non-hydrogen) atoms. The number of hydrogen-bond donors (Lipinski definition) is 0. The molecule has 0 aliphatic heterocycles. The van der Waals surface area contributed by atoms with Crippen LogP contribution in [0.15, 0.2) is 180 Å². The molecule has 4 heteroatoms. The first kappa shape index (κ1) is 28.4. The zero-order valence-corrected chi connectivity index (χ0v) is 27.0. The number of aromatic nitrogens is 3. The lowest BCUT2D eigenvalue weighted by Gasteiger charge is -2.33. The summed E-state index contributed by atoms with van der Waals surface area (Å²) in [6.07, 6.45) is 0. The van der Waals surface area contributed by atoms with Gasteiger partial charge in [0.05, 0.1) is 5.41 Å². The third kappa shape index (κ3) is 4.28.